The Labute approximate surface area is 109 Å². The van der Waals surface area contributed by atoms with E-state index in [1.165, 1.54) is 10.4 Å². The molecule has 18 heavy (non-hydrogen) atoms. The number of hydrogen-bond acceptors (Lipinski definition) is 4. The minimum Gasteiger partial charge on any atom is -0.478 e. The fourth-order valence-electron chi connectivity index (χ4n) is 1.73. The quantitative estimate of drug-likeness (QED) is 0.872. The minimum absolute atomic E-state index is 0.235. The van der Waals surface area contributed by atoms with Crippen LogP contribution in [0.25, 0.3) is 0 Å². The molecule has 96 valence electrons. The maximum atomic E-state index is 10.9. The summed E-state index contributed by atoms with van der Waals surface area (Å²) in [7, 11) is 0. The lowest BCUT2D eigenvalue weighted by Crippen LogP contribution is -2.11. The molecule has 0 unspecified atom stereocenters. The largest absolute Gasteiger partial charge is 0.478 e. The lowest BCUT2D eigenvalue weighted by atomic mass is 10.2. The number of carboxylic acids is 1. The Balaban J connectivity index is 1.93. The molecule has 0 bridgehead atoms. The Morgan fingerprint density at radius 3 is 2.78 bits per heavy atom. The molecule has 0 spiro atoms. The normalized spacial score (nSPS) is 10.8. The molecule has 0 aliphatic rings. The van der Waals surface area contributed by atoms with E-state index in [0.29, 0.717) is 18.1 Å². The van der Waals surface area contributed by atoms with Gasteiger partial charge in [0.25, 0.3) is 0 Å². The molecule has 0 radical (unpaired) electrons. The van der Waals surface area contributed by atoms with Gasteiger partial charge >= 0.3 is 5.97 Å². The summed E-state index contributed by atoms with van der Waals surface area (Å²) >= 11 is 1.71. The number of hydrogen-bond donors (Lipinski definition) is 2. The Hall–Kier alpha value is -1.59. The third-order valence-electron chi connectivity index (χ3n) is 2.75. The Kier molecular flexibility index (Phi) is 3.84. The average molecular weight is 265 g/mol. The van der Waals surface area contributed by atoms with E-state index >= 15 is 0 Å². The van der Waals surface area contributed by atoms with Crippen LogP contribution in [0, 0.1) is 13.8 Å². The van der Waals surface area contributed by atoms with Gasteiger partial charge in [-0.25, -0.2) is 4.79 Å². The second kappa shape index (κ2) is 5.37. The van der Waals surface area contributed by atoms with Gasteiger partial charge in [-0.3, -0.25) is 0 Å². The van der Waals surface area contributed by atoms with Crippen molar-refractivity contribution in [2.45, 2.75) is 26.9 Å². The first-order valence-electron chi connectivity index (χ1n) is 5.64. The first kappa shape index (κ1) is 12.9. The highest BCUT2D eigenvalue weighted by Gasteiger charge is 2.13. The molecule has 5 heteroatoms. The van der Waals surface area contributed by atoms with Crippen molar-refractivity contribution in [2.24, 2.45) is 0 Å². The van der Waals surface area contributed by atoms with Crippen LogP contribution in [0.3, 0.4) is 0 Å². The number of aromatic carboxylic acids is 1. The summed E-state index contributed by atoms with van der Waals surface area (Å²) in [5, 5.41) is 14.2. The van der Waals surface area contributed by atoms with E-state index in [0.717, 1.165) is 6.54 Å². The Morgan fingerprint density at radius 1 is 1.44 bits per heavy atom. The number of furan rings is 1. The zero-order chi connectivity index (χ0) is 13.1. The lowest BCUT2D eigenvalue weighted by Gasteiger charge is -2.01. The fourth-order valence-corrected chi connectivity index (χ4v) is 2.60. The molecule has 2 rings (SSSR count). The summed E-state index contributed by atoms with van der Waals surface area (Å²) in [6.07, 6.45) is 0. The van der Waals surface area contributed by atoms with E-state index in [2.05, 4.69) is 23.7 Å². The molecule has 2 N–H and O–H groups in total. The van der Waals surface area contributed by atoms with Crippen LogP contribution in [0.15, 0.2) is 21.9 Å². The van der Waals surface area contributed by atoms with Crippen LogP contribution in [0.4, 0.5) is 0 Å². The maximum absolute atomic E-state index is 10.9. The fraction of sp³-hybridized carbons (Fsp3) is 0.308. The van der Waals surface area contributed by atoms with Gasteiger partial charge in [0.1, 0.15) is 17.1 Å². The molecule has 0 aliphatic heterocycles. The van der Waals surface area contributed by atoms with Crippen molar-refractivity contribution in [1.82, 2.24) is 5.32 Å². The third-order valence-corrected chi connectivity index (χ3v) is 3.78. The van der Waals surface area contributed by atoms with Gasteiger partial charge in [-0.15, -0.1) is 11.3 Å². The van der Waals surface area contributed by atoms with Gasteiger partial charge in [-0.05, 0) is 36.9 Å². The molecule has 0 saturated heterocycles. The van der Waals surface area contributed by atoms with Crippen LogP contribution in [-0.4, -0.2) is 11.1 Å². The van der Waals surface area contributed by atoms with Crippen molar-refractivity contribution in [3.8, 4) is 0 Å². The van der Waals surface area contributed by atoms with Gasteiger partial charge in [0.15, 0.2) is 0 Å². The van der Waals surface area contributed by atoms with Gasteiger partial charge in [0.2, 0.25) is 0 Å². The van der Waals surface area contributed by atoms with Gasteiger partial charge in [0, 0.05) is 11.4 Å². The van der Waals surface area contributed by atoms with E-state index in [1.54, 1.807) is 24.3 Å². The highest BCUT2D eigenvalue weighted by Crippen LogP contribution is 2.17. The summed E-state index contributed by atoms with van der Waals surface area (Å²) in [5.74, 6) is 0.155. The second-order valence-corrected chi connectivity index (χ2v) is 5.12. The van der Waals surface area contributed by atoms with Gasteiger partial charge in [-0.2, -0.15) is 0 Å². The van der Waals surface area contributed by atoms with Crippen LogP contribution in [0.1, 0.15) is 32.3 Å². The molecular weight excluding hydrogens is 250 g/mol. The second-order valence-electron chi connectivity index (χ2n) is 4.12. The SMILES string of the molecule is Cc1ccsc1CNCc1cc(C(=O)O)c(C)o1. The molecule has 4 nitrogen and oxygen atoms in total. The molecule has 0 aromatic carbocycles. The number of carboxylic acid groups (broad SMARTS) is 1. The highest BCUT2D eigenvalue weighted by atomic mass is 32.1. The molecule has 2 aromatic rings. The summed E-state index contributed by atoms with van der Waals surface area (Å²) in [6.45, 7) is 5.04. The summed E-state index contributed by atoms with van der Waals surface area (Å²) in [4.78, 5) is 12.2. The molecule has 0 amide bonds. The standard InChI is InChI=1S/C13H15NO3S/c1-8-3-4-18-12(8)7-14-6-10-5-11(13(15)16)9(2)17-10/h3-5,14H,6-7H2,1-2H3,(H,15,16). The first-order valence-corrected chi connectivity index (χ1v) is 6.52. The maximum Gasteiger partial charge on any atom is 0.339 e. The monoisotopic (exact) mass is 265 g/mol. The van der Waals surface area contributed by atoms with Crippen LogP contribution in [-0.2, 0) is 13.1 Å². The van der Waals surface area contributed by atoms with Gasteiger partial charge < -0.3 is 14.8 Å². The summed E-state index contributed by atoms with van der Waals surface area (Å²) < 4.78 is 5.39. The molecular formula is C13H15NO3S. The molecule has 0 fully saturated rings. The van der Waals surface area contributed by atoms with Crippen LogP contribution in [0.2, 0.25) is 0 Å². The smallest absolute Gasteiger partial charge is 0.339 e. The van der Waals surface area contributed by atoms with Gasteiger partial charge in [0.05, 0.1) is 6.54 Å². The van der Waals surface area contributed by atoms with E-state index in [4.69, 9.17) is 9.52 Å². The third kappa shape index (κ3) is 2.80. The van der Waals surface area contributed by atoms with Crippen molar-refractivity contribution < 1.29 is 14.3 Å². The van der Waals surface area contributed by atoms with Gasteiger partial charge in [-0.1, -0.05) is 0 Å². The number of aryl methyl sites for hydroxylation is 2. The van der Waals surface area contributed by atoms with Crippen molar-refractivity contribution in [3.63, 3.8) is 0 Å². The van der Waals surface area contributed by atoms with Crippen LogP contribution < -0.4 is 5.32 Å². The Morgan fingerprint density at radius 2 is 2.22 bits per heavy atom. The zero-order valence-electron chi connectivity index (χ0n) is 10.3. The number of rotatable bonds is 5. The molecule has 0 atom stereocenters. The van der Waals surface area contributed by atoms with Crippen molar-refractivity contribution in [2.75, 3.05) is 0 Å². The first-order chi connectivity index (χ1) is 8.58. The van der Waals surface area contributed by atoms with Crippen molar-refractivity contribution in [3.05, 3.63) is 45.0 Å². The number of nitrogens with one attached hydrogen (secondary N) is 1. The molecule has 0 saturated carbocycles. The minimum atomic E-state index is -0.948. The van der Waals surface area contributed by atoms with E-state index in [9.17, 15) is 4.79 Å². The summed E-state index contributed by atoms with van der Waals surface area (Å²) in [6, 6.07) is 3.66. The molecule has 2 heterocycles. The van der Waals surface area contributed by atoms with E-state index in [1.807, 2.05) is 0 Å². The predicted octanol–water partition coefficient (Wildman–Crippen LogP) is 2.95. The topological polar surface area (TPSA) is 62.5 Å². The Bertz CT molecular complexity index is 556. The summed E-state index contributed by atoms with van der Waals surface area (Å²) in [5.41, 5.74) is 1.51. The number of thiophene rings is 1. The van der Waals surface area contributed by atoms with E-state index < -0.39 is 5.97 Å². The van der Waals surface area contributed by atoms with Crippen molar-refractivity contribution >= 4 is 17.3 Å². The molecule has 2 aromatic heterocycles. The predicted molar refractivity (Wildman–Crippen MR) is 70.0 cm³/mol. The van der Waals surface area contributed by atoms with Crippen LogP contribution in [0.5, 0.6) is 0 Å². The van der Waals surface area contributed by atoms with Crippen LogP contribution >= 0.6 is 11.3 Å². The zero-order valence-corrected chi connectivity index (χ0v) is 11.1. The lowest BCUT2D eigenvalue weighted by molar-refractivity contribution is 0.0695. The average Bonchev–Trinajstić information content (AvgIpc) is 2.86. The number of carbonyl (C=O) groups is 1. The highest BCUT2D eigenvalue weighted by molar-refractivity contribution is 7.10. The van der Waals surface area contributed by atoms with Crippen molar-refractivity contribution in [1.29, 1.82) is 0 Å². The molecule has 0 aliphatic carbocycles. The van der Waals surface area contributed by atoms with E-state index in [-0.39, 0.29) is 5.56 Å².